The van der Waals surface area contributed by atoms with E-state index >= 15 is 0 Å². The highest BCUT2D eigenvalue weighted by Gasteiger charge is 2.38. The Balaban J connectivity index is 0.000000412. The van der Waals surface area contributed by atoms with Crippen molar-refractivity contribution >= 4 is 29.1 Å². The van der Waals surface area contributed by atoms with Crippen molar-refractivity contribution in [1.29, 1.82) is 0 Å². The van der Waals surface area contributed by atoms with Crippen LogP contribution in [-0.2, 0) is 17.6 Å². The summed E-state index contributed by atoms with van der Waals surface area (Å²) < 4.78 is 31.7. The quantitative estimate of drug-likeness (QED) is 0.729. The Morgan fingerprint density at radius 3 is 2.23 bits per heavy atom. The van der Waals surface area contributed by atoms with E-state index in [-0.39, 0.29) is 5.91 Å². The first-order chi connectivity index (χ1) is 11.9. The van der Waals surface area contributed by atoms with Crippen LogP contribution in [0.25, 0.3) is 0 Å². The van der Waals surface area contributed by atoms with Crippen molar-refractivity contribution < 1.29 is 32.7 Å². The molecule has 0 fully saturated rings. The Morgan fingerprint density at radius 2 is 1.77 bits per heavy atom. The minimum Gasteiger partial charge on any atom is -0.475 e. The van der Waals surface area contributed by atoms with Gasteiger partial charge in [-0.3, -0.25) is 9.59 Å². The first-order valence-electron chi connectivity index (χ1n) is 7.97. The Bertz CT molecular complexity index is 684. The van der Waals surface area contributed by atoms with Gasteiger partial charge in [0.25, 0.3) is 11.8 Å². The van der Waals surface area contributed by atoms with Gasteiger partial charge >= 0.3 is 12.1 Å². The number of carboxylic acids is 1. The fourth-order valence-electron chi connectivity index (χ4n) is 2.36. The molecule has 0 atom stereocenters. The number of carbonyl (C=O) groups excluding carboxylic acids is 2. The van der Waals surface area contributed by atoms with Gasteiger partial charge in [-0.2, -0.15) is 13.2 Å². The number of halogens is 3. The molecule has 2 rings (SSSR count). The maximum Gasteiger partial charge on any atom is 0.490 e. The highest BCUT2D eigenvalue weighted by atomic mass is 32.1. The summed E-state index contributed by atoms with van der Waals surface area (Å²) in [4.78, 5) is 34.3. The summed E-state index contributed by atoms with van der Waals surface area (Å²) in [6.45, 7) is 4.69. The Morgan fingerprint density at radius 1 is 1.23 bits per heavy atom. The number of thiophene rings is 1. The van der Waals surface area contributed by atoms with E-state index < -0.39 is 18.1 Å². The number of nitrogens with one attached hydrogen (secondary N) is 1. The van der Waals surface area contributed by atoms with Crippen LogP contribution < -0.4 is 11.1 Å². The largest absolute Gasteiger partial charge is 0.490 e. The monoisotopic (exact) mass is 394 g/mol. The summed E-state index contributed by atoms with van der Waals surface area (Å²) in [7, 11) is 0. The van der Waals surface area contributed by atoms with Gasteiger partial charge in [0, 0.05) is 11.4 Å². The van der Waals surface area contributed by atoms with Crippen LogP contribution in [0.5, 0.6) is 0 Å². The number of amides is 2. The Labute approximate surface area is 152 Å². The molecule has 0 saturated carbocycles. The van der Waals surface area contributed by atoms with Crippen LogP contribution in [0.15, 0.2) is 0 Å². The van der Waals surface area contributed by atoms with Crippen LogP contribution in [0.2, 0.25) is 0 Å². The molecular formula is C16H21F3N2O4S. The highest BCUT2D eigenvalue weighted by Crippen LogP contribution is 2.34. The number of alkyl halides is 3. The van der Waals surface area contributed by atoms with E-state index in [0.717, 1.165) is 36.1 Å². The van der Waals surface area contributed by atoms with E-state index in [2.05, 4.69) is 5.32 Å². The Hall–Kier alpha value is -2.10. The summed E-state index contributed by atoms with van der Waals surface area (Å²) in [6, 6.07) is 0. The van der Waals surface area contributed by atoms with Gasteiger partial charge in [-0.25, -0.2) is 4.79 Å². The number of fused-ring (bicyclic) bond motifs is 1. The standard InChI is InChI=1S/C14H20N2O2S.C2HF3O2/c1-8(2)7-16-14(18)11-9-5-3-4-6-10(9)19-12(11)13(15)17;3-2(4,5)1(6)7/h8H,3-7H2,1-2H3,(H2,15,17)(H,16,18);(H,6,7). The molecule has 0 unspecified atom stereocenters. The van der Waals surface area contributed by atoms with E-state index in [1.54, 1.807) is 0 Å². The fraction of sp³-hybridized carbons (Fsp3) is 0.562. The first-order valence-corrected chi connectivity index (χ1v) is 8.79. The summed E-state index contributed by atoms with van der Waals surface area (Å²) in [5.41, 5.74) is 6.99. The average Bonchev–Trinajstić information content (AvgIpc) is 2.92. The second-order valence-corrected chi connectivity index (χ2v) is 7.29. The molecule has 1 aromatic rings. The predicted molar refractivity (Wildman–Crippen MR) is 90.3 cm³/mol. The van der Waals surface area contributed by atoms with Crippen LogP contribution in [-0.4, -0.2) is 35.6 Å². The molecular weight excluding hydrogens is 373 g/mol. The van der Waals surface area contributed by atoms with Crippen molar-refractivity contribution in [1.82, 2.24) is 5.32 Å². The van der Waals surface area contributed by atoms with E-state index in [1.165, 1.54) is 11.3 Å². The maximum atomic E-state index is 12.3. The van der Waals surface area contributed by atoms with Crippen molar-refractivity contribution in [3.8, 4) is 0 Å². The summed E-state index contributed by atoms with van der Waals surface area (Å²) >= 11 is 1.40. The predicted octanol–water partition coefficient (Wildman–Crippen LogP) is 2.74. The molecule has 146 valence electrons. The average molecular weight is 394 g/mol. The molecule has 1 aliphatic rings. The van der Waals surface area contributed by atoms with Crippen LogP contribution in [0.4, 0.5) is 13.2 Å². The van der Waals surface area contributed by atoms with Gasteiger partial charge in [0.2, 0.25) is 0 Å². The molecule has 1 aliphatic carbocycles. The number of primary amides is 1. The lowest BCUT2D eigenvalue weighted by molar-refractivity contribution is -0.192. The number of aliphatic carboxylic acids is 1. The van der Waals surface area contributed by atoms with Crippen molar-refractivity contribution in [3.63, 3.8) is 0 Å². The zero-order valence-corrected chi connectivity index (χ0v) is 15.2. The van der Waals surface area contributed by atoms with Gasteiger partial charge in [0.15, 0.2) is 0 Å². The molecule has 0 saturated heterocycles. The number of hydrogen-bond donors (Lipinski definition) is 3. The third-order valence-corrected chi connectivity index (χ3v) is 4.84. The van der Waals surface area contributed by atoms with E-state index in [9.17, 15) is 22.8 Å². The molecule has 2 amide bonds. The zero-order valence-electron chi connectivity index (χ0n) is 14.4. The molecule has 0 aromatic carbocycles. The van der Waals surface area contributed by atoms with Gasteiger partial charge in [-0.05, 0) is 37.2 Å². The molecule has 0 spiro atoms. The van der Waals surface area contributed by atoms with Crippen molar-refractivity contribution in [2.24, 2.45) is 11.7 Å². The third-order valence-electron chi connectivity index (χ3n) is 3.54. The van der Waals surface area contributed by atoms with Gasteiger partial charge < -0.3 is 16.2 Å². The number of nitrogens with two attached hydrogens (primary N) is 1. The molecule has 0 radical (unpaired) electrons. The second kappa shape index (κ2) is 9.02. The van der Waals surface area contributed by atoms with Gasteiger partial charge in [-0.1, -0.05) is 13.8 Å². The molecule has 10 heteroatoms. The minimum absolute atomic E-state index is 0.151. The zero-order chi connectivity index (χ0) is 20.1. The van der Waals surface area contributed by atoms with Gasteiger partial charge in [0.1, 0.15) is 4.88 Å². The van der Waals surface area contributed by atoms with E-state index in [4.69, 9.17) is 15.6 Å². The maximum absolute atomic E-state index is 12.3. The SMILES string of the molecule is CC(C)CNC(=O)c1c(C(N)=O)sc2c1CCCC2.O=C(O)C(F)(F)F. The van der Waals surface area contributed by atoms with E-state index in [1.807, 2.05) is 13.8 Å². The summed E-state index contributed by atoms with van der Waals surface area (Å²) in [5.74, 6) is -3.01. The molecule has 0 aliphatic heterocycles. The van der Waals surface area contributed by atoms with Crippen LogP contribution in [0.3, 0.4) is 0 Å². The summed E-state index contributed by atoms with van der Waals surface area (Å²) in [6.07, 6.45) is -1.05. The number of carboxylic acid groups (broad SMARTS) is 1. The third kappa shape index (κ3) is 6.01. The van der Waals surface area contributed by atoms with Crippen LogP contribution in [0, 0.1) is 5.92 Å². The second-order valence-electron chi connectivity index (χ2n) is 6.19. The lowest BCUT2D eigenvalue weighted by atomic mass is 9.94. The number of hydrogen-bond acceptors (Lipinski definition) is 4. The molecule has 6 nitrogen and oxygen atoms in total. The molecule has 0 bridgehead atoms. The smallest absolute Gasteiger partial charge is 0.475 e. The van der Waals surface area contributed by atoms with Crippen molar-refractivity contribution in [3.05, 3.63) is 20.9 Å². The molecule has 4 N–H and O–H groups in total. The molecule has 1 heterocycles. The van der Waals surface area contributed by atoms with Gasteiger partial charge in [-0.15, -0.1) is 11.3 Å². The summed E-state index contributed by atoms with van der Waals surface area (Å²) in [5, 5.41) is 10.0. The van der Waals surface area contributed by atoms with Crippen molar-refractivity contribution in [2.75, 3.05) is 6.54 Å². The lowest BCUT2D eigenvalue weighted by Crippen LogP contribution is -2.30. The first kappa shape index (κ1) is 21.9. The Kier molecular flexibility index (Phi) is 7.61. The lowest BCUT2D eigenvalue weighted by Gasteiger charge is -2.13. The highest BCUT2D eigenvalue weighted by molar-refractivity contribution is 7.14. The topological polar surface area (TPSA) is 109 Å². The molecule has 26 heavy (non-hydrogen) atoms. The van der Waals surface area contributed by atoms with Gasteiger partial charge in [0.05, 0.1) is 5.56 Å². The number of carbonyl (C=O) groups is 3. The number of rotatable bonds is 4. The van der Waals surface area contributed by atoms with E-state index in [0.29, 0.717) is 22.9 Å². The molecule has 1 aromatic heterocycles. The van der Waals surface area contributed by atoms with Crippen LogP contribution in [0.1, 0.15) is 57.2 Å². The van der Waals surface area contributed by atoms with Crippen molar-refractivity contribution in [2.45, 2.75) is 45.7 Å². The fourth-order valence-corrected chi connectivity index (χ4v) is 3.60. The normalized spacial score (nSPS) is 13.5. The van der Waals surface area contributed by atoms with Crippen LogP contribution >= 0.6 is 11.3 Å². The minimum atomic E-state index is -5.08. The number of aryl methyl sites for hydroxylation is 1.